The van der Waals surface area contributed by atoms with Gasteiger partial charge >= 0.3 is 0 Å². The number of para-hydroxylation sites is 2. The molecule has 0 spiro atoms. The Morgan fingerprint density at radius 2 is 2.09 bits per heavy atom. The molecule has 0 aliphatic rings. The van der Waals surface area contributed by atoms with Crippen LogP contribution in [-0.2, 0) is 13.0 Å². The molecule has 22 heavy (non-hydrogen) atoms. The van der Waals surface area contributed by atoms with Crippen molar-refractivity contribution in [2.75, 3.05) is 6.54 Å². The Kier molecular flexibility index (Phi) is 4.14. The van der Waals surface area contributed by atoms with Gasteiger partial charge in [-0.15, -0.1) is 0 Å². The van der Waals surface area contributed by atoms with E-state index >= 15 is 0 Å². The van der Waals surface area contributed by atoms with Crippen LogP contribution >= 0.6 is 0 Å². The van der Waals surface area contributed by atoms with Gasteiger partial charge in [-0.25, -0.2) is 4.98 Å². The van der Waals surface area contributed by atoms with Gasteiger partial charge < -0.3 is 9.88 Å². The minimum Gasteiger partial charge on any atom is -0.352 e. The molecule has 2 aromatic heterocycles. The number of carbonyl (C=O) groups is 1. The van der Waals surface area contributed by atoms with Crippen molar-refractivity contribution in [3.05, 3.63) is 60.2 Å². The Morgan fingerprint density at radius 3 is 2.86 bits per heavy atom. The molecule has 112 valence electrons. The lowest BCUT2D eigenvalue weighted by molar-refractivity contribution is 0.0953. The molecule has 0 aliphatic carbocycles. The van der Waals surface area contributed by atoms with Gasteiger partial charge in [-0.1, -0.05) is 12.1 Å². The van der Waals surface area contributed by atoms with Crippen LogP contribution in [0, 0.1) is 0 Å². The second-order valence-corrected chi connectivity index (χ2v) is 5.01. The molecule has 0 saturated carbocycles. The smallest absolute Gasteiger partial charge is 0.252 e. The van der Waals surface area contributed by atoms with E-state index in [1.807, 2.05) is 18.2 Å². The van der Waals surface area contributed by atoms with Crippen molar-refractivity contribution in [2.24, 2.45) is 0 Å². The van der Waals surface area contributed by atoms with Gasteiger partial charge in [0.25, 0.3) is 5.91 Å². The van der Waals surface area contributed by atoms with Gasteiger partial charge in [0.2, 0.25) is 0 Å². The molecule has 0 radical (unpaired) electrons. The molecular weight excluding hydrogens is 276 g/mol. The van der Waals surface area contributed by atoms with E-state index < -0.39 is 0 Å². The average Bonchev–Trinajstić information content (AvgIpc) is 2.93. The van der Waals surface area contributed by atoms with Gasteiger partial charge in [0, 0.05) is 31.9 Å². The van der Waals surface area contributed by atoms with Crippen molar-refractivity contribution >= 4 is 16.9 Å². The van der Waals surface area contributed by atoms with E-state index in [2.05, 4.69) is 32.8 Å². The number of imidazole rings is 1. The number of fused-ring (bicyclic) bond motifs is 1. The summed E-state index contributed by atoms with van der Waals surface area (Å²) in [6.07, 6.45) is 3.92. The van der Waals surface area contributed by atoms with E-state index in [9.17, 15) is 4.79 Å². The molecule has 5 nitrogen and oxygen atoms in total. The van der Waals surface area contributed by atoms with Gasteiger partial charge in [0.15, 0.2) is 0 Å². The Hall–Kier alpha value is -2.69. The van der Waals surface area contributed by atoms with Crippen molar-refractivity contribution in [3.8, 4) is 0 Å². The highest BCUT2D eigenvalue weighted by Crippen LogP contribution is 2.16. The van der Waals surface area contributed by atoms with Crippen molar-refractivity contribution in [1.29, 1.82) is 0 Å². The molecule has 0 unspecified atom stereocenters. The molecule has 5 heteroatoms. The third-order valence-corrected chi connectivity index (χ3v) is 3.61. The maximum absolute atomic E-state index is 12.0. The molecule has 3 aromatic rings. The zero-order valence-corrected chi connectivity index (χ0v) is 12.5. The molecule has 0 bridgehead atoms. The van der Waals surface area contributed by atoms with Crippen LogP contribution < -0.4 is 5.32 Å². The number of rotatable bonds is 5. The highest BCUT2D eigenvalue weighted by Gasteiger charge is 2.10. The van der Waals surface area contributed by atoms with Crippen LogP contribution in [0.25, 0.3) is 11.0 Å². The number of amides is 1. The lowest BCUT2D eigenvalue weighted by Crippen LogP contribution is -2.26. The van der Waals surface area contributed by atoms with E-state index in [0.29, 0.717) is 18.5 Å². The highest BCUT2D eigenvalue weighted by molar-refractivity contribution is 5.93. The summed E-state index contributed by atoms with van der Waals surface area (Å²) in [5.41, 5.74) is 2.71. The molecule has 3 rings (SSSR count). The lowest BCUT2D eigenvalue weighted by Gasteiger charge is -2.07. The Balaban J connectivity index is 1.68. The minimum absolute atomic E-state index is 0.104. The monoisotopic (exact) mass is 294 g/mol. The minimum atomic E-state index is -0.104. The van der Waals surface area contributed by atoms with Crippen molar-refractivity contribution in [2.45, 2.75) is 19.9 Å². The number of pyridine rings is 1. The number of nitrogens with one attached hydrogen (secondary N) is 1. The van der Waals surface area contributed by atoms with Crippen LogP contribution in [0.15, 0.2) is 48.8 Å². The fourth-order valence-corrected chi connectivity index (χ4v) is 2.56. The van der Waals surface area contributed by atoms with Crippen LogP contribution in [0.5, 0.6) is 0 Å². The third kappa shape index (κ3) is 2.83. The molecule has 0 aliphatic heterocycles. The van der Waals surface area contributed by atoms with Gasteiger partial charge in [-0.2, -0.15) is 0 Å². The highest BCUT2D eigenvalue weighted by atomic mass is 16.1. The maximum atomic E-state index is 12.0. The van der Waals surface area contributed by atoms with Gasteiger partial charge in [-0.3, -0.25) is 9.78 Å². The SMILES string of the molecule is CCn1c(CCNC(=O)c2cccnc2)nc2ccccc21. The summed E-state index contributed by atoms with van der Waals surface area (Å²) < 4.78 is 2.19. The fraction of sp³-hybridized carbons (Fsp3) is 0.235. The number of nitrogens with zero attached hydrogens (tertiary/aromatic N) is 3. The molecule has 1 N–H and O–H groups in total. The first-order valence-corrected chi connectivity index (χ1v) is 7.42. The number of aromatic nitrogens is 3. The molecule has 0 fully saturated rings. The summed E-state index contributed by atoms with van der Waals surface area (Å²) in [5.74, 6) is 0.891. The van der Waals surface area contributed by atoms with E-state index in [1.165, 1.54) is 0 Å². The maximum Gasteiger partial charge on any atom is 0.252 e. The van der Waals surface area contributed by atoms with Crippen molar-refractivity contribution < 1.29 is 4.79 Å². The Bertz CT molecular complexity index is 780. The van der Waals surface area contributed by atoms with E-state index in [-0.39, 0.29) is 5.91 Å². The molecule has 2 heterocycles. The first kappa shape index (κ1) is 14.3. The summed E-state index contributed by atoms with van der Waals surface area (Å²) in [6, 6.07) is 11.6. The second-order valence-electron chi connectivity index (χ2n) is 5.01. The number of carbonyl (C=O) groups excluding carboxylic acids is 1. The number of benzene rings is 1. The summed E-state index contributed by atoms with van der Waals surface area (Å²) in [7, 11) is 0. The molecule has 0 atom stereocenters. The fourth-order valence-electron chi connectivity index (χ4n) is 2.56. The third-order valence-electron chi connectivity index (χ3n) is 3.61. The summed E-state index contributed by atoms with van der Waals surface area (Å²) in [5, 5.41) is 2.91. The molecule has 1 aromatic carbocycles. The van der Waals surface area contributed by atoms with E-state index in [0.717, 1.165) is 23.4 Å². The lowest BCUT2D eigenvalue weighted by atomic mass is 10.2. The number of aryl methyl sites for hydroxylation is 1. The van der Waals surface area contributed by atoms with Crippen LogP contribution in [-0.4, -0.2) is 27.0 Å². The zero-order chi connectivity index (χ0) is 15.4. The van der Waals surface area contributed by atoms with Crippen LogP contribution in [0.2, 0.25) is 0 Å². The van der Waals surface area contributed by atoms with Gasteiger partial charge in [0.05, 0.1) is 16.6 Å². The molecule has 1 amide bonds. The number of hydrogen-bond acceptors (Lipinski definition) is 3. The van der Waals surface area contributed by atoms with Gasteiger partial charge in [0.1, 0.15) is 5.82 Å². The topological polar surface area (TPSA) is 59.8 Å². The van der Waals surface area contributed by atoms with Gasteiger partial charge in [-0.05, 0) is 31.2 Å². The van der Waals surface area contributed by atoms with Crippen LogP contribution in [0.1, 0.15) is 23.1 Å². The molecule has 0 saturated heterocycles. The average molecular weight is 294 g/mol. The zero-order valence-electron chi connectivity index (χ0n) is 12.5. The van der Waals surface area contributed by atoms with E-state index in [4.69, 9.17) is 0 Å². The standard InChI is InChI=1S/C17H18N4O/c1-2-21-15-8-4-3-7-14(15)20-16(21)9-11-19-17(22)13-6-5-10-18-12-13/h3-8,10,12H,2,9,11H2,1H3,(H,19,22). The first-order valence-electron chi connectivity index (χ1n) is 7.42. The quantitative estimate of drug-likeness (QED) is 0.786. The van der Waals surface area contributed by atoms with Crippen LogP contribution in [0.4, 0.5) is 0 Å². The predicted octanol–water partition coefficient (Wildman–Crippen LogP) is 2.42. The van der Waals surface area contributed by atoms with Crippen molar-refractivity contribution in [3.63, 3.8) is 0 Å². The second kappa shape index (κ2) is 6.39. The summed E-state index contributed by atoms with van der Waals surface area (Å²) in [4.78, 5) is 20.6. The first-order chi connectivity index (χ1) is 10.8. The Morgan fingerprint density at radius 1 is 1.23 bits per heavy atom. The van der Waals surface area contributed by atoms with E-state index in [1.54, 1.807) is 24.5 Å². The Labute approximate surface area is 129 Å². The van der Waals surface area contributed by atoms with Crippen LogP contribution in [0.3, 0.4) is 0 Å². The summed E-state index contributed by atoms with van der Waals surface area (Å²) in [6.45, 7) is 3.52. The summed E-state index contributed by atoms with van der Waals surface area (Å²) >= 11 is 0. The van der Waals surface area contributed by atoms with Crippen molar-refractivity contribution in [1.82, 2.24) is 19.9 Å². The molecular formula is C17H18N4O. The largest absolute Gasteiger partial charge is 0.352 e. The predicted molar refractivity (Wildman–Crippen MR) is 85.7 cm³/mol. The normalized spacial score (nSPS) is 10.8. The number of hydrogen-bond donors (Lipinski definition) is 1.